The van der Waals surface area contributed by atoms with Crippen LogP contribution < -0.4 is 5.32 Å². The van der Waals surface area contributed by atoms with E-state index >= 15 is 0 Å². The molecule has 4 heteroatoms. The minimum atomic E-state index is -0.390. The Labute approximate surface area is 98.3 Å². The van der Waals surface area contributed by atoms with Crippen molar-refractivity contribution in [2.75, 3.05) is 26.9 Å². The number of hydrogen-bond acceptors (Lipinski definition) is 4. The van der Waals surface area contributed by atoms with Crippen LogP contribution in [0.2, 0.25) is 0 Å². The molecule has 96 valence electrons. The predicted octanol–water partition coefficient (Wildman–Crippen LogP) is 0.931. The Morgan fingerprint density at radius 1 is 1.44 bits per heavy atom. The van der Waals surface area contributed by atoms with Crippen molar-refractivity contribution >= 4 is 0 Å². The number of aliphatic hydroxyl groups excluding tert-OH is 1. The number of ether oxygens (including phenoxy) is 2. The van der Waals surface area contributed by atoms with Crippen molar-refractivity contribution in [2.24, 2.45) is 0 Å². The van der Waals surface area contributed by atoms with Gasteiger partial charge in [-0.2, -0.15) is 0 Å². The molecule has 0 amide bonds. The zero-order valence-electron chi connectivity index (χ0n) is 10.4. The summed E-state index contributed by atoms with van der Waals surface area (Å²) in [4.78, 5) is 0. The average molecular weight is 231 g/mol. The van der Waals surface area contributed by atoms with Gasteiger partial charge >= 0.3 is 0 Å². The summed E-state index contributed by atoms with van der Waals surface area (Å²) in [6, 6.07) is 0.509. The quantitative estimate of drug-likeness (QED) is 0.580. The number of nitrogens with one attached hydrogen (secondary N) is 1. The van der Waals surface area contributed by atoms with Crippen LogP contribution in [-0.2, 0) is 9.47 Å². The van der Waals surface area contributed by atoms with Crippen molar-refractivity contribution in [2.45, 2.75) is 50.9 Å². The van der Waals surface area contributed by atoms with Crippen LogP contribution in [0.5, 0.6) is 0 Å². The van der Waals surface area contributed by atoms with Gasteiger partial charge in [0.05, 0.1) is 18.8 Å². The zero-order chi connectivity index (χ0) is 11.8. The van der Waals surface area contributed by atoms with Gasteiger partial charge < -0.3 is 19.9 Å². The maximum absolute atomic E-state index is 9.62. The fourth-order valence-electron chi connectivity index (χ4n) is 1.75. The highest BCUT2D eigenvalue weighted by atomic mass is 16.5. The third-order valence-corrected chi connectivity index (χ3v) is 3.02. The van der Waals surface area contributed by atoms with Crippen molar-refractivity contribution in [3.05, 3.63) is 0 Å². The van der Waals surface area contributed by atoms with Gasteiger partial charge in [-0.3, -0.25) is 0 Å². The minimum Gasteiger partial charge on any atom is -0.389 e. The molecule has 0 aromatic carbocycles. The van der Waals surface area contributed by atoms with Crippen molar-refractivity contribution in [3.63, 3.8) is 0 Å². The standard InChI is InChI=1S/C12H25NO3/c1-3-4-5-16-9-11(14)8-13-10-6-12(7-10)15-2/h10-14H,3-9H2,1-2H3. The van der Waals surface area contributed by atoms with Crippen LogP contribution in [0, 0.1) is 0 Å². The Morgan fingerprint density at radius 3 is 2.81 bits per heavy atom. The molecule has 1 unspecified atom stereocenters. The molecule has 2 N–H and O–H groups in total. The van der Waals surface area contributed by atoms with E-state index in [2.05, 4.69) is 12.2 Å². The van der Waals surface area contributed by atoms with Gasteiger partial charge in [0.15, 0.2) is 0 Å². The zero-order valence-corrected chi connectivity index (χ0v) is 10.4. The second kappa shape index (κ2) is 8.01. The van der Waals surface area contributed by atoms with Crippen LogP contribution in [0.25, 0.3) is 0 Å². The summed E-state index contributed by atoms with van der Waals surface area (Å²) in [5.74, 6) is 0. The average Bonchev–Trinajstić information content (AvgIpc) is 2.22. The van der Waals surface area contributed by atoms with Gasteiger partial charge in [-0.25, -0.2) is 0 Å². The van der Waals surface area contributed by atoms with E-state index in [1.807, 2.05) is 0 Å². The molecule has 0 aromatic rings. The second-order valence-corrected chi connectivity index (χ2v) is 4.52. The first-order valence-electron chi connectivity index (χ1n) is 6.28. The number of hydrogen-bond donors (Lipinski definition) is 2. The fraction of sp³-hybridized carbons (Fsp3) is 1.00. The first kappa shape index (κ1) is 13.9. The van der Waals surface area contributed by atoms with Crippen molar-refractivity contribution in [3.8, 4) is 0 Å². The lowest BCUT2D eigenvalue weighted by molar-refractivity contribution is 0.00416. The van der Waals surface area contributed by atoms with E-state index in [4.69, 9.17) is 9.47 Å². The maximum Gasteiger partial charge on any atom is 0.0897 e. The van der Waals surface area contributed by atoms with Gasteiger partial charge in [0, 0.05) is 26.3 Å². The molecule has 0 aliphatic heterocycles. The monoisotopic (exact) mass is 231 g/mol. The lowest BCUT2D eigenvalue weighted by Crippen LogP contribution is -2.47. The van der Waals surface area contributed by atoms with E-state index in [0.29, 0.717) is 25.3 Å². The van der Waals surface area contributed by atoms with E-state index in [1.165, 1.54) is 0 Å². The smallest absolute Gasteiger partial charge is 0.0897 e. The first-order chi connectivity index (χ1) is 7.76. The van der Waals surface area contributed by atoms with Gasteiger partial charge in [-0.15, -0.1) is 0 Å². The lowest BCUT2D eigenvalue weighted by atomic mass is 9.89. The molecular formula is C12H25NO3. The molecule has 1 rings (SSSR count). The van der Waals surface area contributed by atoms with Gasteiger partial charge in [0.1, 0.15) is 0 Å². The third-order valence-electron chi connectivity index (χ3n) is 3.02. The fourth-order valence-corrected chi connectivity index (χ4v) is 1.75. The van der Waals surface area contributed by atoms with Crippen molar-refractivity contribution < 1.29 is 14.6 Å². The lowest BCUT2D eigenvalue weighted by Gasteiger charge is -2.35. The number of aliphatic hydroxyl groups is 1. The number of rotatable bonds is 9. The van der Waals surface area contributed by atoms with Crippen molar-refractivity contribution in [1.29, 1.82) is 0 Å². The molecule has 0 heterocycles. The maximum atomic E-state index is 9.62. The second-order valence-electron chi connectivity index (χ2n) is 4.52. The molecule has 0 aromatic heterocycles. The highest BCUT2D eigenvalue weighted by Crippen LogP contribution is 2.22. The molecule has 1 aliphatic rings. The molecule has 1 aliphatic carbocycles. The van der Waals surface area contributed by atoms with E-state index < -0.39 is 6.10 Å². The van der Waals surface area contributed by atoms with Gasteiger partial charge in [-0.1, -0.05) is 13.3 Å². The van der Waals surface area contributed by atoms with Crippen LogP contribution >= 0.6 is 0 Å². The van der Waals surface area contributed by atoms with Crippen LogP contribution in [0.15, 0.2) is 0 Å². The molecule has 0 bridgehead atoms. The molecule has 0 radical (unpaired) electrons. The topological polar surface area (TPSA) is 50.7 Å². The number of unbranched alkanes of at least 4 members (excludes halogenated alkanes) is 1. The highest BCUT2D eigenvalue weighted by Gasteiger charge is 2.28. The van der Waals surface area contributed by atoms with Crippen LogP contribution in [0.3, 0.4) is 0 Å². The van der Waals surface area contributed by atoms with Crippen molar-refractivity contribution in [1.82, 2.24) is 5.32 Å². The SMILES string of the molecule is CCCCOCC(O)CNC1CC(OC)C1. The molecule has 0 spiro atoms. The predicted molar refractivity (Wildman–Crippen MR) is 63.6 cm³/mol. The van der Waals surface area contributed by atoms with Crippen LogP contribution in [0.1, 0.15) is 32.6 Å². The van der Waals surface area contributed by atoms with Gasteiger partial charge in [0.25, 0.3) is 0 Å². The molecule has 1 fully saturated rings. The Hall–Kier alpha value is -0.160. The van der Waals surface area contributed by atoms with Gasteiger partial charge in [0.2, 0.25) is 0 Å². The minimum absolute atomic E-state index is 0.390. The Kier molecular flexibility index (Phi) is 6.96. The molecule has 1 saturated carbocycles. The summed E-state index contributed by atoms with van der Waals surface area (Å²) in [7, 11) is 1.75. The molecular weight excluding hydrogens is 206 g/mol. The summed E-state index contributed by atoms with van der Waals surface area (Å²) in [5.41, 5.74) is 0. The Morgan fingerprint density at radius 2 is 2.19 bits per heavy atom. The summed E-state index contributed by atoms with van der Waals surface area (Å²) in [6.45, 7) is 3.94. The normalized spacial score (nSPS) is 26.4. The van der Waals surface area contributed by atoms with E-state index in [1.54, 1.807) is 7.11 Å². The summed E-state index contributed by atoms with van der Waals surface area (Å²) >= 11 is 0. The highest BCUT2D eigenvalue weighted by molar-refractivity contribution is 4.86. The summed E-state index contributed by atoms with van der Waals surface area (Å²) < 4.78 is 10.5. The molecule has 0 saturated heterocycles. The van der Waals surface area contributed by atoms with Crippen LogP contribution in [0.4, 0.5) is 0 Å². The number of methoxy groups -OCH3 is 1. The largest absolute Gasteiger partial charge is 0.389 e. The van der Waals surface area contributed by atoms with E-state index in [9.17, 15) is 5.11 Å². The third kappa shape index (κ3) is 5.25. The molecule has 16 heavy (non-hydrogen) atoms. The summed E-state index contributed by atoms with van der Waals surface area (Å²) in [6.07, 6.45) is 4.33. The Bertz CT molecular complexity index is 172. The van der Waals surface area contributed by atoms with E-state index in [0.717, 1.165) is 32.3 Å². The summed E-state index contributed by atoms with van der Waals surface area (Å²) in [5, 5.41) is 12.9. The molecule has 1 atom stereocenters. The Balaban J connectivity index is 1.89. The first-order valence-corrected chi connectivity index (χ1v) is 6.28. The molecule has 4 nitrogen and oxygen atoms in total. The van der Waals surface area contributed by atoms with E-state index in [-0.39, 0.29) is 0 Å². The van der Waals surface area contributed by atoms with Crippen LogP contribution in [-0.4, -0.2) is 50.2 Å². The van der Waals surface area contributed by atoms with Gasteiger partial charge in [-0.05, 0) is 19.3 Å².